The molecule has 0 atom stereocenters. The number of hydrazine groups is 1. The SMILES string of the molecule is C/C=C\C1=NN(C)N(c2ccccc2)Cc2ccccc21. The molecule has 0 amide bonds. The molecule has 1 aliphatic rings. The van der Waals surface area contributed by atoms with Crippen molar-refractivity contribution in [1.82, 2.24) is 5.12 Å². The predicted octanol–water partition coefficient (Wildman–Crippen LogP) is 3.83. The van der Waals surface area contributed by atoms with Crippen molar-refractivity contribution >= 4 is 11.4 Å². The molecule has 3 nitrogen and oxygen atoms in total. The molecule has 3 heteroatoms. The lowest BCUT2D eigenvalue weighted by molar-refractivity contribution is 0.320. The van der Waals surface area contributed by atoms with Crippen molar-refractivity contribution in [1.29, 1.82) is 0 Å². The summed E-state index contributed by atoms with van der Waals surface area (Å²) >= 11 is 0. The molecule has 0 aliphatic carbocycles. The summed E-state index contributed by atoms with van der Waals surface area (Å²) in [5, 5.41) is 8.85. The summed E-state index contributed by atoms with van der Waals surface area (Å²) in [6.07, 6.45) is 4.09. The fourth-order valence-corrected chi connectivity index (χ4v) is 2.57. The summed E-state index contributed by atoms with van der Waals surface area (Å²) < 4.78 is 0. The van der Waals surface area contributed by atoms with Gasteiger partial charge in [0.1, 0.15) is 0 Å². The van der Waals surface area contributed by atoms with Crippen LogP contribution in [0.4, 0.5) is 5.69 Å². The average molecular weight is 277 g/mol. The molecular formula is C18H19N3. The molecule has 3 rings (SSSR count). The van der Waals surface area contributed by atoms with Crippen LogP contribution in [0.1, 0.15) is 18.1 Å². The zero-order valence-corrected chi connectivity index (χ0v) is 12.4. The van der Waals surface area contributed by atoms with Gasteiger partial charge in [0, 0.05) is 12.6 Å². The first-order valence-electron chi connectivity index (χ1n) is 7.15. The van der Waals surface area contributed by atoms with Crippen LogP contribution < -0.4 is 5.01 Å². The molecule has 0 spiro atoms. The molecule has 106 valence electrons. The molecule has 0 fully saturated rings. The van der Waals surface area contributed by atoms with E-state index in [1.807, 2.05) is 31.2 Å². The van der Waals surface area contributed by atoms with Crippen LogP contribution in [0.3, 0.4) is 0 Å². The molecule has 0 saturated heterocycles. The zero-order valence-electron chi connectivity index (χ0n) is 12.4. The molecule has 0 unspecified atom stereocenters. The number of hydrogen-bond acceptors (Lipinski definition) is 3. The van der Waals surface area contributed by atoms with Gasteiger partial charge in [-0.3, -0.25) is 5.01 Å². The van der Waals surface area contributed by atoms with Crippen molar-refractivity contribution in [3.05, 3.63) is 77.9 Å². The number of fused-ring (bicyclic) bond motifs is 1. The summed E-state index contributed by atoms with van der Waals surface area (Å²) in [4.78, 5) is 0. The summed E-state index contributed by atoms with van der Waals surface area (Å²) in [7, 11) is 1.99. The number of rotatable bonds is 2. The Balaban J connectivity index is 2.09. The van der Waals surface area contributed by atoms with Crippen molar-refractivity contribution in [2.24, 2.45) is 5.10 Å². The molecule has 0 N–H and O–H groups in total. The van der Waals surface area contributed by atoms with Crippen LogP contribution in [0, 0.1) is 0 Å². The Morgan fingerprint density at radius 3 is 2.48 bits per heavy atom. The van der Waals surface area contributed by atoms with Gasteiger partial charge in [-0.2, -0.15) is 5.10 Å². The highest BCUT2D eigenvalue weighted by Crippen LogP contribution is 2.24. The van der Waals surface area contributed by atoms with Gasteiger partial charge in [0.2, 0.25) is 0 Å². The molecule has 2 aromatic carbocycles. The van der Waals surface area contributed by atoms with Crippen molar-refractivity contribution in [3.8, 4) is 0 Å². The Kier molecular flexibility index (Phi) is 3.73. The number of hydrazone groups is 1. The topological polar surface area (TPSA) is 18.8 Å². The highest BCUT2D eigenvalue weighted by molar-refractivity contribution is 6.09. The van der Waals surface area contributed by atoms with E-state index in [4.69, 9.17) is 5.10 Å². The largest absolute Gasteiger partial charge is 0.265 e. The lowest BCUT2D eigenvalue weighted by atomic mass is 10.0. The fourth-order valence-electron chi connectivity index (χ4n) is 2.57. The van der Waals surface area contributed by atoms with E-state index in [0.717, 1.165) is 17.9 Å². The van der Waals surface area contributed by atoms with Gasteiger partial charge in [-0.25, -0.2) is 5.12 Å². The second kappa shape index (κ2) is 5.83. The Morgan fingerprint density at radius 1 is 1.00 bits per heavy atom. The molecule has 0 saturated carbocycles. The van der Waals surface area contributed by atoms with Gasteiger partial charge < -0.3 is 0 Å². The highest BCUT2D eigenvalue weighted by atomic mass is 15.8. The molecule has 21 heavy (non-hydrogen) atoms. The summed E-state index contributed by atoms with van der Waals surface area (Å²) in [5.41, 5.74) is 4.61. The van der Waals surface area contributed by atoms with E-state index in [1.165, 1.54) is 11.1 Å². The smallest absolute Gasteiger partial charge is 0.0924 e. The van der Waals surface area contributed by atoms with E-state index in [9.17, 15) is 0 Å². The lowest BCUT2D eigenvalue weighted by Gasteiger charge is -2.30. The van der Waals surface area contributed by atoms with Gasteiger partial charge in [0.15, 0.2) is 0 Å². The number of benzene rings is 2. The maximum atomic E-state index is 4.75. The predicted molar refractivity (Wildman–Crippen MR) is 88.2 cm³/mol. The van der Waals surface area contributed by atoms with Gasteiger partial charge in [-0.05, 0) is 30.7 Å². The summed E-state index contributed by atoms with van der Waals surface area (Å²) in [6, 6.07) is 18.8. The monoisotopic (exact) mass is 277 g/mol. The molecule has 1 aliphatic heterocycles. The normalized spacial score (nSPS) is 14.9. The molecular weight excluding hydrogens is 258 g/mol. The minimum absolute atomic E-state index is 0.807. The van der Waals surface area contributed by atoms with E-state index >= 15 is 0 Å². The molecule has 0 aromatic heterocycles. The Hall–Kier alpha value is -2.55. The van der Waals surface area contributed by atoms with Gasteiger partial charge in [0.25, 0.3) is 0 Å². The van der Waals surface area contributed by atoms with Crippen LogP contribution in [0.2, 0.25) is 0 Å². The Labute approximate surface area is 125 Å². The number of nitrogens with zero attached hydrogens (tertiary/aromatic N) is 3. The third-order valence-electron chi connectivity index (χ3n) is 3.59. The lowest BCUT2D eigenvalue weighted by Crippen LogP contribution is -2.35. The third kappa shape index (κ3) is 2.68. The maximum Gasteiger partial charge on any atom is 0.0924 e. The summed E-state index contributed by atoms with van der Waals surface area (Å²) in [5.74, 6) is 0. The van der Waals surface area contributed by atoms with Crippen molar-refractivity contribution < 1.29 is 0 Å². The van der Waals surface area contributed by atoms with Crippen molar-refractivity contribution in [2.45, 2.75) is 13.5 Å². The molecule has 1 heterocycles. The fraction of sp³-hybridized carbons (Fsp3) is 0.167. The standard InChI is InChI=1S/C18H19N3/c1-3-9-18-17-13-8-7-10-15(17)14-21(20(2)19-18)16-11-5-4-6-12-16/h3-13H,14H2,1-2H3/b9-3-. The summed E-state index contributed by atoms with van der Waals surface area (Å²) in [6.45, 7) is 2.83. The van der Waals surface area contributed by atoms with Crippen LogP contribution in [0.25, 0.3) is 0 Å². The van der Waals surface area contributed by atoms with Gasteiger partial charge in [-0.1, -0.05) is 48.5 Å². The second-order valence-electron chi connectivity index (χ2n) is 5.03. The number of para-hydroxylation sites is 1. The number of anilines is 1. The van der Waals surface area contributed by atoms with Crippen molar-refractivity contribution in [2.75, 3.05) is 12.1 Å². The van der Waals surface area contributed by atoms with Crippen LogP contribution in [-0.2, 0) is 6.54 Å². The highest BCUT2D eigenvalue weighted by Gasteiger charge is 2.19. The molecule has 0 bridgehead atoms. The first-order valence-corrected chi connectivity index (χ1v) is 7.15. The van der Waals surface area contributed by atoms with Gasteiger partial charge in [-0.15, -0.1) is 0 Å². The van der Waals surface area contributed by atoms with E-state index < -0.39 is 0 Å². The average Bonchev–Trinajstić information content (AvgIpc) is 2.66. The quantitative estimate of drug-likeness (QED) is 0.830. The second-order valence-corrected chi connectivity index (χ2v) is 5.03. The van der Waals surface area contributed by atoms with E-state index in [0.29, 0.717) is 0 Å². The number of allylic oxidation sites excluding steroid dienone is 2. The minimum atomic E-state index is 0.807. The molecule has 2 aromatic rings. The van der Waals surface area contributed by atoms with Crippen LogP contribution in [-0.4, -0.2) is 17.9 Å². The first-order chi connectivity index (χ1) is 10.3. The van der Waals surface area contributed by atoms with E-state index in [1.54, 1.807) is 0 Å². The first kappa shape index (κ1) is 13.4. The Morgan fingerprint density at radius 2 is 1.71 bits per heavy atom. The Bertz CT molecular complexity index is 674. The maximum absolute atomic E-state index is 4.75. The zero-order chi connectivity index (χ0) is 14.7. The van der Waals surface area contributed by atoms with Crippen LogP contribution in [0.15, 0.2) is 71.9 Å². The van der Waals surface area contributed by atoms with Crippen LogP contribution in [0.5, 0.6) is 0 Å². The van der Waals surface area contributed by atoms with Crippen LogP contribution >= 0.6 is 0 Å². The minimum Gasteiger partial charge on any atom is -0.265 e. The van der Waals surface area contributed by atoms with E-state index in [-0.39, 0.29) is 0 Å². The van der Waals surface area contributed by atoms with Crippen molar-refractivity contribution in [3.63, 3.8) is 0 Å². The van der Waals surface area contributed by atoms with Gasteiger partial charge in [0.05, 0.1) is 17.9 Å². The number of hydrogen-bond donors (Lipinski definition) is 0. The van der Waals surface area contributed by atoms with Gasteiger partial charge >= 0.3 is 0 Å². The third-order valence-corrected chi connectivity index (χ3v) is 3.59. The molecule has 0 radical (unpaired) electrons. The van der Waals surface area contributed by atoms with E-state index in [2.05, 4.69) is 59.6 Å².